The van der Waals surface area contributed by atoms with Crippen LogP contribution in [0.5, 0.6) is 0 Å². The van der Waals surface area contributed by atoms with Gasteiger partial charge in [-0.05, 0) is 25.1 Å². The molecule has 2 N–H and O–H groups in total. The number of hydrogen-bond acceptors (Lipinski definition) is 5. The normalized spacial score (nSPS) is 12.3. The van der Waals surface area contributed by atoms with Crippen molar-refractivity contribution in [1.82, 2.24) is 19.9 Å². The van der Waals surface area contributed by atoms with Crippen LogP contribution >= 0.6 is 27.7 Å². The number of hydrogen-bond donors (Lipinski definition) is 2. The van der Waals surface area contributed by atoms with E-state index in [1.54, 1.807) is 13.0 Å². The van der Waals surface area contributed by atoms with Crippen LogP contribution in [0.3, 0.4) is 0 Å². The van der Waals surface area contributed by atoms with Crippen molar-refractivity contribution in [2.75, 3.05) is 5.32 Å². The highest BCUT2D eigenvalue weighted by molar-refractivity contribution is 9.10. The number of nitrogens with zero attached hydrogens (tertiary/aromatic N) is 3. The molecule has 2 heterocycles. The highest BCUT2D eigenvalue weighted by Crippen LogP contribution is 2.27. The highest BCUT2D eigenvalue weighted by atomic mass is 79.9. The first-order valence-electron chi connectivity index (χ1n) is 6.61. The van der Waals surface area contributed by atoms with Gasteiger partial charge in [-0.3, -0.25) is 4.79 Å². The number of carbonyl (C=O) groups is 1. The molecular weight excluding hydrogens is 385 g/mol. The Bertz CT molecular complexity index is 871. The molecule has 0 saturated heterocycles. The van der Waals surface area contributed by atoms with Gasteiger partial charge in [0.25, 0.3) is 0 Å². The SMILES string of the molecule is C[C@@H](Sc1ncnc2nc[nH]c12)C(=O)Nc1ccc(Br)cc1F. The molecule has 23 heavy (non-hydrogen) atoms. The minimum Gasteiger partial charge on any atom is -0.341 e. The van der Waals surface area contributed by atoms with E-state index in [0.29, 0.717) is 20.7 Å². The average molecular weight is 396 g/mol. The van der Waals surface area contributed by atoms with Gasteiger partial charge in [0.15, 0.2) is 5.65 Å². The topological polar surface area (TPSA) is 83.6 Å². The van der Waals surface area contributed by atoms with Crippen LogP contribution in [-0.4, -0.2) is 31.1 Å². The number of aromatic amines is 1. The lowest BCUT2D eigenvalue weighted by Gasteiger charge is -2.12. The van der Waals surface area contributed by atoms with Crippen LogP contribution in [-0.2, 0) is 4.79 Å². The molecule has 0 bridgehead atoms. The summed E-state index contributed by atoms with van der Waals surface area (Å²) in [4.78, 5) is 27.4. The smallest absolute Gasteiger partial charge is 0.237 e. The number of halogens is 2. The number of nitrogens with one attached hydrogen (secondary N) is 2. The van der Waals surface area contributed by atoms with Crippen molar-refractivity contribution < 1.29 is 9.18 Å². The zero-order chi connectivity index (χ0) is 16.4. The van der Waals surface area contributed by atoms with Crippen molar-refractivity contribution in [3.63, 3.8) is 0 Å². The lowest BCUT2D eigenvalue weighted by Crippen LogP contribution is -2.23. The number of benzene rings is 1. The number of thioether (sulfide) groups is 1. The minimum atomic E-state index is -0.497. The van der Waals surface area contributed by atoms with Crippen molar-refractivity contribution in [1.29, 1.82) is 0 Å². The molecule has 0 fully saturated rings. The molecule has 3 aromatic rings. The summed E-state index contributed by atoms with van der Waals surface area (Å²) in [5.74, 6) is -0.814. The van der Waals surface area contributed by atoms with Gasteiger partial charge in [-0.1, -0.05) is 27.7 Å². The van der Waals surface area contributed by atoms with E-state index in [4.69, 9.17) is 0 Å². The van der Waals surface area contributed by atoms with Crippen LogP contribution in [0.4, 0.5) is 10.1 Å². The Hall–Kier alpha value is -2.00. The van der Waals surface area contributed by atoms with E-state index >= 15 is 0 Å². The van der Waals surface area contributed by atoms with Crippen LogP contribution in [0.25, 0.3) is 11.2 Å². The Balaban J connectivity index is 1.74. The number of fused-ring (bicyclic) bond motifs is 1. The number of anilines is 1. The molecule has 0 unspecified atom stereocenters. The maximum atomic E-state index is 13.8. The van der Waals surface area contributed by atoms with Crippen LogP contribution in [0.2, 0.25) is 0 Å². The fraction of sp³-hybridized carbons (Fsp3) is 0.143. The van der Waals surface area contributed by atoms with Crippen molar-refractivity contribution in [3.05, 3.63) is 41.1 Å². The molecular formula is C14H11BrFN5OS. The van der Waals surface area contributed by atoms with E-state index < -0.39 is 11.1 Å². The first kappa shape index (κ1) is 15.9. The minimum absolute atomic E-state index is 0.139. The molecule has 3 rings (SSSR count). The van der Waals surface area contributed by atoms with Crippen LogP contribution in [0.1, 0.15) is 6.92 Å². The van der Waals surface area contributed by atoms with Gasteiger partial charge >= 0.3 is 0 Å². The highest BCUT2D eigenvalue weighted by Gasteiger charge is 2.19. The van der Waals surface area contributed by atoms with Gasteiger partial charge in [-0.2, -0.15) is 0 Å². The number of imidazole rings is 1. The van der Waals surface area contributed by atoms with Crippen LogP contribution in [0.15, 0.2) is 40.4 Å². The number of H-pyrrole nitrogens is 1. The Morgan fingerprint density at radius 3 is 3.00 bits per heavy atom. The van der Waals surface area contributed by atoms with Crippen LogP contribution in [0, 0.1) is 5.82 Å². The molecule has 2 aromatic heterocycles. The van der Waals surface area contributed by atoms with Crippen LogP contribution < -0.4 is 5.32 Å². The molecule has 118 valence electrons. The van der Waals surface area contributed by atoms with E-state index in [0.717, 1.165) is 0 Å². The summed E-state index contributed by atoms with van der Waals surface area (Å²) in [5.41, 5.74) is 1.35. The Morgan fingerprint density at radius 2 is 2.22 bits per heavy atom. The van der Waals surface area contributed by atoms with E-state index in [2.05, 4.69) is 41.2 Å². The molecule has 1 aromatic carbocycles. The number of rotatable bonds is 4. The Kier molecular flexibility index (Phi) is 4.58. The molecule has 0 spiro atoms. The second-order valence-electron chi connectivity index (χ2n) is 4.65. The summed E-state index contributed by atoms with van der Waals surface area (Å²) < 4.78 is 14.4. The zero-order valence-corrected chi connectivity index (χ0v) is 14.3. The van der Waals surface area contributed by atoms with Gasteiger partial charge in [-0.15, -0.1) is 0 Å². The van der Waals surface area contributed by atoms with Gasteiger partial charge in [0, 0.05) is 4.47 Å². The first-order valence-corrected chi connectivity index (χ1v) is 8.28. The first-order chi connectivity index (χ1) is 11.0. The van der Waals surface area contributed by atoms with E-state index in [1.165, 1.54) is 36.5 Å². The molecule has 6 nitrogen and oxygen atoms in total. The predicted octanol–water partition coefficient (Wildman–Crippen LogP) is 3.37. The summed E-state index contributed by atoms with van der Waals surface area (Å²) in [6.45, 7) is 1.72. The summed E-state index contributed by atoms with van der Waals surface area (Å²) in [6.07, 6.45) is 2.91. The molecule has 0 saturated carbocycles. The maximum Gasteiger partial charge on any atom is 0.237 e. The third-order valence-corrected chi connectivity index (χ3v) is 4.63. The summed E-state index contributed by atoms with van der Waals surface area (Å²) in [7, 11) is 0. The number of carbonyl (C=O) groups excluding carboxylic acids is 1. The largest absolute Gasteiger partial charge is 0.341 e. The fourth-order valence-corrected chi connectivity index (χ4v) is 3.09. The molecule has 1 atom stereocenters. The van der Waals surface area contributed by atoms with Crippen molar-refractivity contribution >= 4 is 50.5 Å². The van der Waals surface area contributed by atoms with Gasteiger partial charge in [0.05, 0.1) is 17.3 Å². The summed E-state index contributed by atoms with van der Waals surface area (Å²) in [6, 6.07) is 4.47. The standard InChI is InChI=1S/C14H11BrFN5OS/c1-7(13(22)21-10-3-2-8(15)4-9(10)16)23-14-11-12(18-5-17-11)19-6-20-14/h2-7H,1H3,(H,21,22)(H,17,18,19,20)/t7-/m1/s1. The lowest BCUT2D eigenvalue weighted by molar-refractivity contribution is -0.115. The van der Waals surface area contributed by atoms with Gasteiger partial charge in [-0.25, -0.2) is 19.3 Å². The van der Waals surface area contributed by atoms with E-state index in [-0.39, 0.29) is 11.6 Å². The summed E-state index contributed by atoms with van der Waals surface area (Å²) in [5, 5.41) is 2.72. The number of amides is 1. The van der Waals surface area contributed by atoms with Gasteiger partial charge in [0.1, 0.15) is 22.7 Å². The van der Waals surface area contributed by atoms with Crippen molar-refractivity contribution in [2.24, 2.45) is 0 Å². The van der Waals surface area contributed by atoms with Gasteiger partial charge < -0.3 is 10.3 Å². The molecule has 0 radical (unpaired) electrons. The lowest BCUT2D eigenvalue weighted by atomic mass is 10.3. The second kappa shape index (κ2) is 6.63. The fourth-order valence-electron chi connectivity index (χ4n) is 1.88. The second-order valence-corrected chi connectivity index (χ2v) is 6.90. The molecule has 0 aliphatic rings. The third kappa shape index (κ3) is 3.50. The quantitative estimate of drug-likeness (QED) is 0.522. The molecule has 9 heteroatoms. The summed E-state index contributed by atoms with van der Waals surface area (Å²) >= 11 is 4.42. The Labute approximate surface area is 143 Å². The third-order valence-electron chi connectivity index (χ3n) is 3.03. The zero-order valence-electron chi connectivity index (χ0n) is 11.9. The maximum absolute atomic E-state index is 13.8. The van der Waals surface area contributed by atoms with Gasteiger partial charge in [0.2, 0.25) is 5.91 Å². The molecule has 0 aliphatic carbocycles. The number of aromatic nitrogens is 4. The van der Waals surface area contributed by atoms with E-state index in [9.17, 15) is 9.18 Å². The predicted molar refractivity (Wildman–Crippen MR) is 89.7 cm³/mol. The molecule has 1 amide bonds. The Morgan fingerprint density at radius 1 is 1.39 bits per heavy atom. The average Bonchev–Trinajstić information content (AvgIpc) is 2.99. The monoisotopic (exact) mass is 395 g/mol. The molecule has 0 aliphatic heterocycles. The van der Waals surface area contributed by atoms with E-state index in [1.807, 2.05) is 0 Å². The van der Waals surface area contributed by atoms with Crippen molar-refractivity contribution in [2.45, 2.75) is 17.2 Å². The van der Waals surface area contributed by atoms with Crippen molar-refractivity contribution in [3.8, 4) is 0 Å².